The lowest BCUT2D eigenvalue weighted by Crippen LogP contribution is -2.49. The van der Waals surface area contributed by atoms with Gasteiger partial charge < -0.3 is 4.74 Å². The number of nitrogens with zero attached hydrogens (tertiary/aromatic N) is 1. The molecule has 0 spiro atoms. The van der Waals surface area contributed by atoms with E-state index < -0.39 is 5.54 Å². The number of hydrogen-bond donors (Lipinski definition) is 0. The van der Waals surface area contributed by atoms with Crippen molar-refractivity contribution in [1.82, 2.24) is 4.31 Å². The first kappa shape index (κ1) is 10.3. The van der Waals surface area contributed by atoms with Crippen LogP contribution in [0.4, 0.5) is 0 Å². The van der Waals surface area contributed by atoms with Crippen molar-refractivity contribution in [3.8, 4) is 0 Å². The van der Waals surface area contributed by atoms with Crippen LogP contribution in [0.5, 0.6) is 0 Å². The van der Waals surface area contributed by atoms with Crippen molar-refractivity contribution in [3.63, 3.8) is 0 Å². The second kappa shape index (κ2) is 4.08. The summed E-state index contributed by atoms with van der Waals surface area (Å²) in [6.45, 7) is 1.52. The second-order valence-corrected chi connectivity index (χ2v) is 4.55. The van der Waals surface area contributed by atoms with Gasteiger partial charge in [0.1, 0.15) is 5.54 Å². The second-order valence-electron chi connectivity index (χ2n) is 3.73. The Balaban J connectivity index is 2.16. The molecule has 2 fully saturated rings. The molecule has 0 N–H and O–H groups in total. The van der Waals surface area contributed by atoms with Crippen molar-refractivity contribution in [1.29, 1.82) is 0 Å². The summed E-state index contributed by atoms with van der Waals surface area (Å²) in [6, 6.07) is 0. The van der Waals surface area contributed by atoms with Gasteiger partial charge in [0.25, 0.3) is 0 Å². The molecule has 80 valence electrons. The fourth-order valence-corrected chi connectivity index (χ4v) is 3.07. The van der Waals surface area contributed by atoms with E-state index in [1.807, 2.05) is 4.31 Å². The van der Waals surface area contributed by atoms with E-state index in [0.29, 0.717) is 6.61 Å². The third-order valence-electron chi connectivity index (χ3n) is 2.99. The van der Waals surface area contributed by atoms with Gasteiger partial charge in [-0.15, -0.1) is 0 Å². The quantitative estimate of drug-likeness (QED) is 0.397. The molecule has 2 rings (SSSR count). The summed E-state index contributed by atoms with van der Waals surface area (Å²) < 4.78 is 12.2. The largest absolute Gasteiger partial charge is 0.468 e. The van der Waals surface area contributed by atoms with Gasteiger partial charge in [-0.25, -0.2) is 4.31 Å². The zero-order valence-electron chi connectivity index (χ0n) is 8.32. The Bertz CT molecular complexity index is 222. The summed E-state index contributed by atoms with van der Waals surface area (Å²) in [6.07, 6.45) is 4.00. The first-order valence-corrected chi connectivity index (χ1v) is 5.65. The third kappa shape index (κ3) is 1.53. The third-order valence-corrected chi connectivity index (χ3v) is 3.98. The van der Waals surface area contributed by atoms with E-state index in [1.54, 1.807) is 0 Å². The fraction of sp³-hybridized carbons (Fsp3) is 0.889. The Labute approximate surface area is 88.3 Å². The van der Waals surface area contributed by atoms with Crippen molar-refractivity contribution in [2.45, 2.75) is 31.2 Å². The maximum atomic E-state index is 11.8. The summed E-state index contributed by atoms with van der Waals surface area (Å²) >= 11 is 1.31. The highest BCUT2D eigenvalue weighted by Gasteiger charge is 2.49. The van der Waals surface area contributed by atoms with Gasteiger partial charge >= 0.3 is 5.97 Å². The lowest BCUT2D eigenvalue weighted by Gasteiger charge is -2.32. The molecule has 1 heterocycles. The van der Waals surface area contributed by atoms with Crippen LogP contribution in [0.15, 0.2) is 0 Å². The van der Waals surface area contributed by atoms with E-state index >= 15 is 0 Å². The predicted octanol–water partition coefficient (Wildman–Crippen LogP) is 1.37. The lowest BCUT2D eigenvalue weighted by atomic mass is 9.98. The molecule has 0 unspecified atom stereocenters. The molecular weight excluding hydrogens is 202 g/mol. The van der Waals surface area contributed by atoms with Gasteiger partial charge in [-0.1, -0.05) is 12.8 Å². The maximum Gasteiger partial charge on any atom is 0.327 e. The highest BCUT2D eigenvalue weighted by molar-refractivity contribution is 7.92. The molecule has 0 aromatic heterocycles. The lowest BCUT2D eigenvalue weighted by molar-refractivity contribution is -0.151. The fourth-order valence-electron chi connectivity index (χ4n) is 2.25. The van der Waals surface area contributed by atoms with Crippen LogP contribution in [-0.2, 0) is 13.7 Å². The molecule has 5 heteroatoms. The highest BCUT2D eigenvalue weighted by atomic mass is 32.2. The monoisotopic (exact) mass is 217 g/mol. The number of ether oxygens (including phenoxy) is 1. The molecule has 0 aromatic rings. The smallest absolute Gasteiger partial charge is 0.327 e. The molecule has 1 aliphatic heterocycles. The van der Waals surface area contributed by atoms with Crippen LogP contribution in [-0.4, -0.2) is 36.1 Å². The van der Waals surface area contributed by atoms with E-state index in [0.717, 1.165) is 32.2 Å². The minimum Gasteiger partial charge on any atom is -0.468 e. The van der Waals surface area contributed by atoms with Crippen molar-refractivity contribution >= 4 is 18.2 Å². The maximum absolute atomic E-state index is 11.8. The summed E-state index contributed by atoms with van der Waals surface area (Å²) in [5.74, 6) is -0.104. The van der Waals surface area contributed by atoms with Crippen molar-refractivity contribution in [2.24, 2.45) is 0 Å². The first-order chi connectivity index (χ1) is 6.79. The van der Waals surface area contributed by atoms with E-state index in [-0.39, 0.29) is 5.97 Å². The van der Waals surface area contributed by atoms with E-state index in [4.69, 9.17) is 8.92 Å². The van der Waals surface area contributed by atoms with Gasteiger partial charge in [-0.05, 0) is 12.8 Å². The normalized spacial score (nSPS) is 26.6. The van der Waals surface area contributed by atoms with Gasteiger partial charge in [0.2, 0.25) is 0 Å². The first-order valence-electron chi connectivity index (χ1n) is 4.95. The molecule has 2 aliphatic rings. The molecule has 0 amide bonds. The topological polar surface area (TPSA) is 38.8 Å². The molecule has 14 heavy (non-hydrogen) atoms. The van der Waals surface area contributed by atoms with Gasteiger partial charge in [0, 0.05) is 6.54 Å². The van der Waals surface area contributed by atoms with Crippen LogP contribution in [0, 0.1) is 0 Å². The van der Waals surface area contributed by atoms with Crippen LogP contribution in [0.1, 0.15) is 25.7 Å². The molecule has 0 atom stereocenters. The van der Waals surface area contributed by atoms with Gasteiger partial charge in [-0.3, -0.25) is 8.98 Å². The number of esters is 1. The number of methoxy groups -OCH3 is 1. The number of carbonyl (C=O) groups is 1. The SMILES string of the molecule is COC(=O)C1(N2CCOS2)CCCC1. The molecule has 4 nitrogen and oxygen atoms in total. The standard InChI is InChI=1S/C9H15NO3S/c1-12-8(11)9(4-2-3-5-9)10-6-7-13-14-10/h2-7H2,1H3. The predicted molar refractivity (Wildman–Crippen MR) is 53.5 cm³/mol. The summed E-state index contributed by atoms with van der Waals surface area (Å²) in [5.41, 5.74) is -0.407. The molecule has 0 bridgehead atoms. The molecule has 1 saturated heterocycles. The molecular formula is C9H15NO3S. The number of rotatable bonds is 2. The number of hydrogen-bond acceptors (Lipinski definition) is 5. The highest BCUT2D eigenvalue weighted by Crippen LogP contribution is 2.41. The number of carbonyl (C=O) groups excluding carboxylic acids is 1. The van der Waals surface area contributed by atoms with Crippen LogP contribution in [0.3, 0.4) is 0 Å². The zero-order chi connectivity index (χ0) is 10.0. The summed E-state index contributed by atoms with van der Waals surface area (Å²) in [5, 5.41) is 0. The van der Waals surface area contributed by atoms with Gasteiger partial charge in [-0.2, -0.15) is 0 Å². The minimum atomic E-state index is -0.407. The van der Waals surface area contributed by atoms with Gasteiger partial charge in [0.15, 0.2) is 0 Å². The molecule has 1 saturated carbocycles. The van der Waals surface area contributed by atoms with E-state index in [9.17, 15) is 4.79 Å². The average molecular weight is 217 g/mol. The van der Waals surface area contributed by atoms with Crippen LogP contribution in [0.2, 0.25) is 0 Å². The molecule has 1 aliphatic carbocycles. The van der Waals surface area contributed by atoms with Crippen LogP contribution < -0.4 is 0 Å². The van der Waals surface area contributed by atoms with E-state index in [1.165, 1.54) is 19.3 Å². The summed E-state index contributed by atoms with van der Waals surface area (Å²) in [7, 11) is 1.46. The van der Waals surface area contributed by atoms with Crippen LogP contribution >= 0.6 is 12.2 Å². The Morgan fingerprint density at radius 3 is 2.71 bits per heavy atom. The Morgan fingerprint density at radius 2 is 2.21 bits per heavy atom. The summed E-state index contributed by atoms with van der Waals surface area (Å²) in [4.78, 5) is 11.8. The Morgan fingerprint density at radius 1 is 1.50 bits per heavy atom. The Kier molecular flexibility index (Phi) is 2.99. The van der Waals surface area contributed by atoms with Crippen molar-refractivity contribution in [2.75, 3.05) is 20.3 Å². The molecule has 0 aromatic carbocycles. The average Bonchev–Trinajstić information content (AvgIpc) is 2.86. The van der Waals surface area contributed by atoms with Crippen molar-refractivity contribution < 1.29 is 13.7 Å². The van der Waals surface area contributed by atoms with E-state index in [2.05, 4.69) is 0 Å². The Hall–Kier alpha value is -0.260. The van der Waals surface area contributed by atoms with Crippen molar-refractivity contribution in [3.05, 3.63) is 0 Å². The van der Waals surface area contributed by atoms with Gasteiger partial charge in [0.05, 0.1) is 25.9 Å². The molecule has 0 radical (unpaired) electrons. The minimum absolute atomic E-state index is 0.104. The zero-order valence-corrected chi connectivity index (χ0v) is 9.14. The van der Waals surface area contributed by atoms with Crippen LogP contribution in [0.25, 0.3) is 0 Å².